The molecule has 0 saturated carbocycles. The number of nitrogens with one attached hydrogen (secondary N) is 1. The number of para-hydroxylation sites is 1. The van der Waals surface area contributed by atoms with Gasteiger partial charge in [0.15, 0.2) is 5.69 Å². The SMILES string of the molecule is Cc1ncnn1-c1cc(F)ccc1CN(C(=O)c1nc2n(c(=O)c1O)CCN2)c1ccccc1. The first-order valence-corrected chi connectivity index (χ1v) is 10.5. The first-order valence-electron chi connectivity index (χ1n) is 10.5. The van der Waals surface area contributed by atoms with Gasteiger partial charge in [0.25, 0.3) is 11.5 Å². The van der Waals surface area contributed by atoms with Crippen LogP contribution in [0.15, 0.2) is 59.7 Å². The molecule has 1 amide bonds. The van der Waals surface area contributed by atoms with Crippen molar-refractivity contribution in [3.8, 4) is 11.4 Å². The highest BCUT2D eigenvalue weighted by atomic mass is 19.1. The highest BCUT2D eigenvalue weighted by Crippen LogP contribution is 2.26. The third-order valence-corrected chi connectivity index (χ3v) is 5.60. The largest absolute Gasteiger partial charge is 0.501 e. The average Bonchev–Trinajstić information content (AvgIpc) is 3.49. The highest BCUT2D eigenvalue weighted by Gasteiger charge is 2.28. The van der Waals surface area contributed by atoms with Gasteiger partial charge in [0.05, 0.1) is 12.2 Å². The minimum atomic E-state index is -0.718. The summed E-state index contributed by atoms with van der Waals surface area (Å²) in [7, 11) is 0. The molecular formula is C23H20FN7O3. The standard InChI is InChI=1S/C23H20FN7O3/c1-14-26-13-27-31(14)18-11-16(24)8-7-15(18)12-30(17-5-3-2-4-6-17)21(33)19-20(32)22(34)29-10-9-25-23(29)28-19/h2-8,11,13,32H,9-10,12H2,1H3,(H,25,28). The van der Waals surface area contributed by atoms with Crippen molar-refractivity contribution < 1.29 is 14.3 Å². The Kier molecular flexibility index (Phi) is 5.28. The monoisotopic (exact) mass is 461 g/mol. The molecule has 4 aromatic rings. The van der Waals surface area contributed by atoms with Gasteiger partial charge in [-0.3, -0.25) is 14.2 Å². The van der Waals surface area contributed by atoms with Crippen molar-refractivity contribution in [1.82, 2.24) is 24.3 Å². The van der Waals surface area contributed by atoms with E-state index in [1.807, 2.05) is 0 Å². The van der Waals surface area contributed by atoms with Gasteiger partial charge >= 0.3 is 0 Å². The Morgan fingerprint density at radius 1 is 1.24 bits per heavy atom. The molecule has 0 atom stereocenters. The summed E-state index contributed by atoms with van der Waals surface area (Å²) >= 11 is 0. The lowest BCUT2D eigenvalue weighted by Gasteiger charge is -2.24. The number of halogens is 1. The molecule has 5 rings (SSSR count). The van der Waals surface area contributed by atoms with E-state index in [2.05, 4.69) is 20.4 Å². The zero-order valence-electron chi connectivity index (χ0n) is 18.1. The molecule has 172 valence electrons. The predicted octanol–water partition coefficient (Wildman–Crippen LogP) is 2.25. The number of aromatic nitrogens is 5. The van der Waals surface area contributed by atoms with Crippen LogP contribution in [-0.2, 0) is 13.1 Å². The molecule has 3 heterocycles. The van der Waals surface area contributed by atoms with Crippen LogP contribution in [0.3, 0.4) is 0 Å². The molecule has 0 unspecified atom stereocenters. The minimum Gasteiger partial charge on any atom is -0.501 e. The molecule has 1 aliphatic rings. The van der Waals surface area contributed by atoms with Crippen LogP contribution in [0.25, 0.3) is 5.69 Å². The second-order valence-electron chi connectivity index (χ2n) is 7.74. The Labute approximate surface area is 192 Å². The third-order valence-electron chi connectivity index (χ3n) is 5.60. The number of aromatic hydroxyl groups is 1. The first kappa shape index (κ1) is 21.3. The quantitative estimate of drug-likeness (QED) is 0.468. The van der Waals surface area contributed by atoms with Crippen LogP contribution in [0, 0.1) is 12.7 Å². The minimum absolute atomic E-state index is 0.00920. The number of fused-ring (bicyclic) bond motifs is 1. The molecule has 11 heteroatoms. The summed E-state index contributed by atoms with van der Waals surface area (Å²) in [6, 6.07) is 12.9. The van der Waals surface area contributed by atoms with Crippen LogP contribution in [0.5, 0.6) is 5.75 Å². The van der Waals surface area contributed by atoms with E-state index >= 15 is 0 Å². The average molecular weight is 461 g/mol. The Morgan fingerprint density at radius 3 is 2.76 bits per heavy atom. The number of anilines is 2. The van der Waals surface area contributed by atoms with Crippen LogP contribution in [0.4, 0.5) is 16.0 Å². The fourth-order valence-electron chi connectivity index (χ4n) is 3.91. The lowest BCUT2D eigenvalue weighted by atomic mass is 10.1. The van der Waals surface area contributed by atoms with Gasteiger partial charge in [-0.1, -0.05) is 24.3 Å². The number of hydrogen-bond donors (Lipinski definition) is 2. The number of carbonyl (C=O) groups is 1. The maximum atomic E-state index is 14.2. The predicted molar refractivity (Wildman–Crippen MR) is 122 cm³/mol. The third kappa shape index (κ3) is 3.66. The maximum absolute atomic E-state index is 14.2. The van der Waals surface area contributed by atoms with Crippen molar-refractivity contribution >= 4 is 17.5 Å². The van der Waals surface area contributed by atoms with Gasteiger partial charge in [-0.25, -0.2) is 19.0 Å². The van der Waals surface area contributed by atoms with Crippen molar-refractivity contribution in [2.24, 2.45) is 0 Å². The molecule has 0 aliphatic carbocycles. The van der Waals surface area contributed by atoms with Crippen molar-refractivity contribution in [3.05, 3.63) is 88.1 Å². The molecule has 10 nitrogen and oxygen atoms in total. The van der Waals surface area contributed by atoms with Crippen LogP contribution < -0.4 is 15.8 Å². The molecule has 0 fully saturated rings. The zero-order valence-corrected chi connectivity index (χ0v) is 18.1. The number of benzene rings is 2. The van der Waals surface area contributed by atoms with Crippen molar-refractivity contribution in [2.75, 3.05) is 16.8 Å². The van der Waals surface area contributed by atoms with Gasteiger partial charge in [-0.2, -0.15) is 5.10 Å². The normalized spacial score (nSPS) is 12.3. The Morgan fingerprint density at radius 2 is 2.03 bits per heavy atom. The lowest BCUT2D eigenvalue weighted by Crippen LogP contribution is -2.33. The second kappa shape index (κ2) is 8.43. The molecule has 34 heavy (non-hydrogen) atoms. The Bertz CT molecular complexity index is 1450. The molecule has 0 bridgehead atoms. The summed E-state index contributed by atoms with van der Waals surface area (Å²) in [4.78, 5) is 36.0. The Hall–Kier alpha value is -4.54. The maximum Gasteiger partial charge on any atom is 0.298 e. The molecule has 2 aromatic heterocycles. The molecule has 0 radical (unpaired) electrons. The fraction of sp³-hybridized carbons (Fsp3) is 0.174. The first-order chi connectivity index (χ1) is 16.4. The van der Waals surface area contributed by atoms with Gasteiger partial charge in [0.1, 0.15) is 18.0 Å². The van der Waals surface area contributed by atoms with E-state index < -0.39 is 23.0 Å². The molecule has 0 spiro atoms. The summed E-state index contributed by atoms with van der Waals surface area (Å²) in [6.45, 7) is 2.54. The number of rotatable bonds is 5. The molecule has 2 N–H and O–H groups in total. The fourth-order valence-corrected chi connectivity index (χ4v) is 3.91. The summed E-state index contributed by atoms with van der Waals surface area (Å²) in [5, 5.41) is 17.6. The molecular weight excluding hydrogens is 441 g/mol. The number of aryl methyl sites for hydroxylation is 1. The van der Waals surface area contributed by atoms with Gasteiger partial charge in [-0.05, 0) is 36.8 Å². The topological polar surface area (TPSA) is 118 Å². The van der Waals surface area contributed by atoms with Crippen LogP contribution in [-0.4, -0.2) is 41.9 Å². The number of carbonyl (C=O) groups excluding carboxylic acids is 1. The van der Waals surface area contributed by atoms with E-state index in [4.69, 9.17) is 0 Å². The van der Waals surface area contributed by atoms with Gasteiger partial charge in [-0.15, -0.1) is 0 Å². The number of nitrogens with zero attached hydrogens (tertiary/aromatic N) is 6. The zero-order chi connectivity index (χ0) is 23.8. The highest BCUT2D eigenvalue weighted by molar-refractivity contribution is 6.06. The van der Waals surface area contributed by atoms with E-state index in [9.17, 15) is 19.1 Å². The summed E-state index contributed by atoms with van der Waals surface area (Å²) in [6.07, 6.45) is 1.36. The summed E-state index contributed by atoms with van der Waals surface area (Å²) in [5.41, 5.74) is 0.439. The molecule has 0 saturated heterocycles. The summed E-state index contributed by atoms with van der Waals surface area (Å²) < 4.78 is 16.9. The lowest BCUT2D eigenvalue weighted by molar-refractivity contribution is 0.0977. The van der Waals surface area contributed by atoms with Crippen molar-refractivity contribution in [1.29, 1.82) is 0 Å². The molecule has 2 aromatic carbocycles. The van der Waals surface area contributed by atoms with Gasteiger partial charge in [0.2, 0.25) is 11.7 Å². The van der Waals surface area contributed by atoms with E-state index in [0.717, 1.165) is 0 Å². The van der Waals surface area contributed by atoms with Crippen molar-refractivity contribution in [2.45, 2.75) is 20.0 Å². The smallest absolute Gasteiger partial charge is 0.298 e. The van der Waals surface area contributed by atoms with E-state index in [1.165, 1.54) is 32.6 Å². The van der Waals surface area contributed by atoms with E-state index in [-0.39, 0.29) is 18.2 Å². The Balaban J connectivity index is 1.62. The number of amides is 1. The van der Waals surface area contributed by atoms with Gasteiger partial charge < -0.3 is 15.3 Å². The number of hydrogen-bond acceptors (Lipinski definition) is 7. The van der Waals surface area contributed by atoms with Crippen LogP contribution in [0.2, 0.25) is 0 Å². The van der Waals surface area contributed by atoms with E-state index in [0.29, 0.717) is 35.9 Å². The van der Waals surface area contributed by atoms with Crippen LogP contribution in [0.1, 0.15) is 21.9 Å². The van der Waals surface area contributed by atoms with Gasteiger partial charge in [0, 0.05) is 18.8 Å². The second-order valence-corrected chi connectivity index (χ2v) is 7.74. The van der Waals surface area contributed by atoms with E-state index in [1.54, 1.807) is 43.3 Å². The molecule has 1 aliphatic heterocycles. The summed E-state index contributed by atoms with van der Waals surface area (Å²) in [5.74, 6) is -1.10. The van der Waals surface area contributed by atoms with Crippen molar-refractivity contribution in [3.63, 3.8) is 0 Å². The van der Waals surface area contributed by atoms with Crippen LogP contribution >= 0.6 is 0 Å².